The molecule has 0 saturated carbocycles. The molecule has 0 radical (unpaired) electrons. The maximum Gasteiger partial charge on any atom is 0.233 e. The highest BCUT2D eigenvalue weighted by atomic mass is 32.2. The highest BCUT2D eigenvalue weighted by Gasteiger charge is 2.21. The van der Waals surface area contributed by atoms with E-state index in [1.54, 1.807) is 18.3 Å². The molecule has 0 atom stereocenters. The van der Waals surface area contributed by atoms with Crippen LogP contribution in [0.2, 0.25) is 0 Å². The van der Waals surface area contributed by atoms with Crippen LogP contribution in [0.15, 0.2) is 35.6 Å². The molecule has 0 spiro atoms. The molecule has 0 bridgehead atoms. The summed E-state index contributed by atoms with van der Waals surface area (Å²) in [6, 6.07) is 6.30. The lowest BCUT2D eigenvalue weighted by Crippen LogP contribution is -2.38. The molecule has 1 aromatic heterocycles. The van der Waals surface area contributed by atoms with Crippen LogP contribution in [0.4, 0.5) is 4.39 Å². The van der Waals surface area contributed by atoms with Gasteiger partial charge in [0.25, 0.3) is 0 Å². The third-order valence-electron chi connectivity index (χ3n) is 4.68. The van der Waals surface area contributed by atoms with Gasteiger partial charge < -0.3 is 14.6 Å². The Kier molecular flexibility index (Phi) is 6.32. The minimum absolute atomic E-state index is 0.129. The summed E-state index contributed by atoms with van der Waals surface area (Å²) in [6.45, 7) is 4.24. The second-order valence-electron chi connectivity index (χ2n) is 6.78. The third kappa shape index (κ3) is 4.86. The van der Waals surface area contributed by atoms with E-state index in [1.165, 1.54) is 23.9 Å². The summed E-state index contributed by atoms with van der Waals surface area (Å²) in [4.78, 5) is 18.8. The van der Waals surface area contributed by atoms with Crippen LogP contribution in [0, 0.1) is 11.7 Å². The molecule has 1 aliphatic rings. The maximum absolute atomic E-state index is 13.1. The normalized spacial score (nSPS) is 15.4. The molecule has 0 aliphatic carbocycles. The predicted octanol–water partition coefficient (Wildman–Crippen LogP) is 2.91. The summed E-state index contributed by atoms with van der Waals surface area (Å²) in [5.41, 5.74) is 1.50. The number of halogens is 1. The van der Waals surface area contributed by atoms with Gasteiger partial charge in [-0.1, -0.05) is 30.8 Å². The van der Waals surface area contributed by atoms with Gasteiger partial charge in [-0.05, 0) is 36.5 Å². The Hall–Kier alpha value is -1.86. The summed E-state index contributed by atoms with van der Waals surface area (Å²) in [7, 11) is 0. The highest BCUT2D eigenvalue weighted by Crippen LogP contribution is 2.22. The van der Waals surface area contributed by atoms with Crippen molar-refractivity contribution < 1.29 is 14.3 Å². The van der Waals surface area contributed by atoms with Gasteiger partial charge in [0.15, 0.2) is 5.16 Å². The zero-order valence-corrected chi connectivity index (χ0v) is 15.7. The van der Waals surface area contributed by atoms with E-state index < -0.39 is 0 Å². The monoisotopic (exact) mass is 377 g/mol. The number of hydrogen-bond donors (Lipinski definition) is 1. The zero-order chi connectivity index (χ0) is 18.5. The summed E-state index contributed by atoms with van der Waals surface area (Å²) in [5.74, 6) is 0.878. The molecule has 3 rings (SSSR count). The first-order valence-corrected chi connectivity index (χ1v) is 9.85. The molecule has 5 nitrogen and oxygen atoms in total. The lowest BCUT2D eigenvalue weighted by Gasteiger charge is -2.30. The number of amides is 1. The molecule has 1 aliphatic heterocycles. The molecule has 1 N–H and O–H groups in total. The van der Waals surface area contributed by atoms with Crippen LogP contribution in [0.25, 0.3) is 0 Å². The summed E-state index contributed by atoms with van der Waals surface area (Å²) < 4.78 is 15.0. The minimum atomic E-state index is -0.272. The van der Waals surface area contributed by atoms with Gasteiger partial charge in [-0.15, -0.1) is 0 Å². The van der Waals surface area contributed by atoms with Crippen LogP contribution >= 0.6 is 11.8 Å². The van der Waals surface area contributed by atoms with Gasteiger partial charge in [-0.25, -0.2) is 9.37 Å². The molecule has 1 saturated heterocycles. The molecule has 2 heterocycles. The van der Waals surface area contributed by atoms with E-state index >= 15 is 0 Å². The Morgan fingerprint density at radius 2 is 2.00 bits per heavy atom. The topological polar surface area (TPSA) is 58.4 Å². The predicted molar refractivity (Wildman–Crippen MR) is 99.4 cm³/mol. The SMILES string of the molecule is CC1CCN(C(=O)CSc2nc(CO)cn2Cc2ccc(F)cc2)CC1. The summed E-state index contributed by atoms with van der Waals surface area (Å²) in [6.07, 6.45) is 3.90. The minimum Gasteiger partial charge on any atom is -0.390 e. The number of imidazole rings is 1. The van der Waals surface area contributed by atoms with Crippen LogP contribution in [-0.4, -0.2) is 44.3 Å². The second-order valence-corrected chi connectivity index (χ2v) is 7.72. The van der Waals surface area contributed by atoms with Crippen molar-refractivity contribution in [2.75, 3.05) is 18.8 Å². The number of aliphatic hydroxyl groups is 1. The van der Waals surface area contributed by atoms with Crippen molar-refractivity contribution in [1.82, 2.24) is 14.5 Å². The lowest BCUT2D eigenvalue weighted by atomic mass is 9.99. The lowest BCUT2D eigenvalue weighted by molar-refractivity contribution is -0.129. The number of carbonyl (C=O) groups excluding carboxylic acids is 1. The molecule has 1 aromatic carbocycles. The first-order chi connectivity index (χ1) is 12.5. The Balaban J connectivity index is 1.64. The number of aromatic nitrogens is 2. The van der Waals surface area contributed by atoms with Crippen molar-refractivity contribution >= 4 is 17.7 Å². The van der Waals surface area contributed by atoms with E-state index in [0.29, 0.717) is 29.1 Å². The van der Waals surface area contributed by atoms with E-state index in [2.05, 4.69) is 11.9 Å². The number of piperidine rings is 1. The smallest absolute Gasteiger partial charge is 0.233 e. The average Bonchev–Trinajstić information content (AvgIpc) is 3.04. The van der Waals surface area contributed by atoms with Crippen LogP contribution in [0.5, 0.6) is 0 Å². The number of aliphatic hydroxyl groups excluding tert-OH is 1. The zero-order valence-electron chi connectivity index (χ0n) is 14.9. The van der Waals surface area contributed by atoms with Crippen LogP contribution in [0.1, 0.15) is 31.0 Å². The molecule has 0 unspecified atom stereocenters. The fourth-order valence-electron chi connectivity index (χ4n) is 3.02. The molecule has 7 heteroatoms. The van der Waals surface area contributed by atoms with Gasteiger partial charge >= 0.3 is 0 Å². The first-order valence-electron chi connectivity index (χ1n) is 8.87. The van der Waals surface area contributed by atoms with Gasteiger partial charge in [0.05, 0.1) is 18.1 Å². The van der Waals surface area contributed by atoms with E-state index in [9.17, 15) is 14.3 Å². The summed E-state index contributed by atoms with van der Waals surface area (Å²) in [5, 5.41) is 10.1. The van der Waals surface area contributed by atoms with Crippen LogP contribution in [-0.2, 0) is 17.9 Å². The maximum atomic E-state index is 13.1. The largest absolute Gasteiger partial charge is 0.390 e. The number of carbonyl (C=O) groups is 1. The van der Waals surface area contributed by atoms with E-state index in [-0.39, 0.29) is 18.3 Å². The van der Waals surface area contributed by atoms with Gasteiger partial charge in [-0.2, -0.15) is 0 Å². The Labute approximate surface area is 157 Å². The standard InChI is InChI=1S/C19H24FN3O2S/c1-14-6-8-22(9-7-14)18(25)13-26-19-21-17(12-24)11-23(19)10-15-2-4-16(20)5-3-15/h2-5,11,14,24H,6-10,12-13H2,1H3. The molecule has 2 aromatic rings. The fraction of sp³-hybridized carbons (Fsp3) is 0.474. The molecule has 26 heavy (non-hydrogen) atoms. The molecule has 1 fully saturated rings. The number of nitrogens with zero attached hydrogens (tertiary/aromatic N) is 3. The average molecular weight is 377 g/mol. The fourth-order valence-corrected chi connectivity index (χ4v) is 3.92. The first kappa shape index (κ1) is 18.9. The van der Waals surface area contributed by atoms with Crippen molar-refractivity contribution in [3.8, 4) is 0 Å². The van der Waals surface area contributed by atoms with E-state index in [1.807, 2.05) is 9.47 Å². The molecular weight excluding hydrogens is 353 g/mol. The van der Waals surface area contributed by atoms with Crippen molar-refractivity contribution in [2.24, 2.45) is 5.92 Å². The number of hydrogen-bond acceptors (Lipinski definition) is 4. The molecular formula is C19H24FN3O2S. The summed E-state index contributed by atoms with van der Waals surface area (Å²) >= 11 is 1.38. The number of likely N-dealkylation sites (tertiary alicyclic amines) is 1. The van der Waals surface area contributed by atoms with E-state index in [4.69, 9.17) is 0 Å². The highest BCUT2D eigenvalue weighted by molar-refractivity contribution is 7.99. The van der Waals surface area contributed by atoms with Gasteiger partial charge in [0, 0.05) is 25.8 Å². The Morgan fingerprint density at radius 3 is 2.65 bits per heavy atom. The molecule has 140 valence electrons. The Bertz CT molecular complexity index is 740. The van der Waals surface area contributed by atoms with Crippen LogP contribution in [0.3, 0.4) is 0 Å². The quantitative estimate of drug-likeness (QED) is 0.787. The van der Waals surface area contributed by atoms with Crippen LogP contribution < -0.4 is 0 Å². The van der Waals surface area contributed by atoms with Crippen molar-refractivity contribution in [3.05, 3.63) is 47.5 Å². The number of thioether (sulfide) groups is 1. The second kappa shape index (κ2) is 8.68. The van der Waals surface area contributed by atoms with E-state index in [0.717, 1.165) is 31.5 Å². The third-order valence-corrected chi connectivity index (χ3v) is 5.65. The van der Waals surface area contributed by atoms with Gasteiger partial charge in [0.1, 0.15) is 5.82 Å². The van der Waals surface area contributed by atoms with Crippen molar-refractivity contribution in [3.63, 3.8) is 0 Å². The van der Waals surface area contributed by atoms with Crippen molar-refractivity contribution in [1.29, 1.82) is 0 Å². The number of rotatable bonds is 6. The molecule has 1 amide bonds. The Morgan fingerprint density at radius 1 is 1.31 bits per heavy atom. The number of benzene rings is 1. The van der Waals surface area contributed by atoms with Gasteiger partial charge in [-0.3, -0.25) is 4.79 Å². The van der Waals surface area contributed by atoms with Gasteiger partial charge in [0.2, 0.25) is 5.91 Å². The van der Waals surface area contributed by atoms with Crippen molar-refractivity contribution in [2.45, 2.75) is 38.1 Å².